The molecule has 2 atom stereocenters. The number of ether oxygens (including phenoxy) is 2. The molecule has 0 spiro atoms. The Bertz CT molecular complexity index is 1230. The van der Waals surface area contributed by atoms with Crippen LogP contribution >= 0.6 is 0 Å². The number of aromatic nitrogens is 2. The molecule has 0 radical (unpaired) electrons. The summed E-state index contributed by atoms with van der Waals surface area (Å²) in [5, 5.41) is 19.3. The Labute approximate surface area is 241 Å². The first-order valence-corrected chi connectivity index (χ1v) is 13.8. The molecule has 0 aliphatic rings. The van der Waals surface area contributed by atoms with E-state index in [-0.39, 0.29) is 25.3 Å². The number of benzene rings is 2. The van der Waals surface area contributed by atoms with Crippen LogP contribution in [-0.4, -0.2) is 59.0 Å². The van der Waals surface area contributed by atoms with Gasteiger partial charge in [0, 0.05) is 12.4 Å². The van der Waals surface area contributed by atoms with Crippen molar-refractivity contribution in [3.8, 4) is 11.5 Å². The molecule has 0 unspecified atom stereocenters. The van der Waals surface area contributed by atoms with Crippen molar-refractivity contribution in [3.63, 3.8) is 0 Å². The zero-order chi connectivity index (χ0) is 28.5. The Kier molecular flexibility index (Phi) is 12.0. The second-order valence-corrected chi connectivity index (χ2v) is 9.37. The van der Waals surface area contributed by atoms with Crippen molar-refractivity contribution in [3.05, 3.63) is 120 Å². The van der Waals surface area contributed by atoms with Crippen LogP contribution in [0.25, 0.3) is 0 Å². The first-order valence-electron chi connectivity index (χ1n) is 13.8. The van der Waals surface area contributed by atoms with Crippen LogP contribution in [-0.2, 0) is 0 Å². The van der Waals surface area contributed by atoms with Gasteiger partial charge in [0.15, 0.2) is 0 Å². The van der Waals surface area contributed by atoms with Crippen molar-refractivity contribution in [2.75, 3.05) is 26.4 Å². The fraction of sp³-hybridized carbons (Fsp3) is 0.273. The number of nitrogens with zero attached hydrogens (tertiary/aromatic N) is 4. The van der Waals surface area contributed by atoms with Crippen LogP contribution in [0, 0.1) is 0 Å². The van der Waals surface area contributed by atoms with Crippen molar-refractivity contribution in [1.82, 2.24) is 9.97 Å². The number of hydrogen-bond acceptors (Lipinski definition) is 8. The summed E-state index contributed by atoms with van der Waals surface area (Å²) in [5.41, 5.74) is 3.34. The molecule has 0 fully saturated rings. The zero-order valence-corrected chi connectivity index (χ0v) is 23.0. The minimum absolute atomic E-state index is 0.0622. The lowest BCUT2D eigenvalue weighted by Gasteiger charge is -2.09. The molecule has 2 heterocycles. The van der Waals surface area contributed by atoms with E-state index in [0.717, 1.165) is 30.4 Å². The number of aliphatic imine (C=N–C) groups is 2. The maximum Gasteiger partial charge on any atom is 0.137 e. The van der Waals surface area contributed by atoms with Crippen LogP contribution < -0.4 is 9.47 Å². The van der Waals surface area contributed by atoms with Gasteiger partial charge in [-0.1, -0.05) is 60.7 Å². The molecule has 0 aliphatic heterocycles. The van der Waals surface area contributed by atoms with Crippen molar-refractivity contribution in [2.45, 2.75) is 31.3 Å². The minimum atomic E-state index is -0.307. The molecule has 0 saturated heterocycles. The predicted molar refractivity (Wildman–Crippen MR) is 161 cm³/mol. The van der Waals surface area contributed by atoms with E-state index in [1.54, 1.807) is 24.8 Å². The average molecular weight is 553 g/mol. The molecule has 0 aliphatic carbocycles. The Balaban J connectivity index is 1.10. The number of rotatable bonds is 16. The molecule has 212 valence electrons. The molecular weight excluding hydrogens is 516 g/mol. The molecule has 4 aromatic rings. The topological polar surface area (TPSA) is 109 Å². The van der Waals surface area contributed by atoms with E-state index in [9.17, 15) is 10.2 Å². The normalized spacial score (nSPS) is 12.9. The van der Waals surface area contributed by atoms with Gasteiger partial charge in [-0.2, -0.15) is 0 Å². The number of aliphatic hydroxyl groups is 2. The zero-order valence-electron chi connectivity index (χ0n) is 23.0. The molecule has 8 heteroatoms. The highest BCUT2D eigenvalue weighted by molar-refractivity contribution is 5.77. The minimum Gasteiger partial charge on any atom is -0.492 e. The smallest absolute Gasteiger partial charge is 0.137 e. The van der Waals surface area contributed by atoms with E-state index in [2.05, 4.69) is 20.0 Å². The number of aliphatic hydroxyl groups excluding tert-OH is 2. The highest BCUT2D eigenvalue weighted by Crippen LogP contribution is 2.18. The summed E-state index contributed by atoms with van der Waals surface area (Å²) in [5.74, 6) is 1.42. The van der Waals surface area contributed by atoms with E-state index in [1.165, 1.54) is 0 Å². The maximum absolute atomic E-state index is 9.64. The first kappa shape index (κ1) is 29.6. The quantitative estimate of drug-likeness (QED) is 0.142. The largest absolute Gasteiger partial charge is 0.492 e. The van der Waals surface area contributed by atoms with Gasteiger partial charge in [0.2, 0.25) is 0 Å². The Morgan fingerprint density at radius 3 is 1.39 bits per heavy atom. The monoisotopic (exact) mass is 552 g/mol. The van der Waals surface area contributed by atoms with Crippen molar-refractivity contribution in [1.29, 1.82) is 0 Å². The van der Waals surface area contributed by atoms with E-state index in [4.69, 9.17) is 9.47 Å². The van der Waals surface area contributed by atoms with Gasteiger partial charge in [-0.05, 0) is 54.7 Å². The van der Waals surface area contributed by atoms with Crippen LogP contribution in [0.15, 0.2) is 107 Å². The first-order chi connectivity index (χ1) is 20.2. The highest BCUT2D eigenvalue weighted by atomic mass is 16.5. The fourth-order valence-electron chi connectivity index (χ4n) is 4.03. The number of hydrogen-bond donors (Lipinski definition) is 2. The lowest BCUT2D eigenvalue weighted by molar-refractivity contribution is 0.269. The van der Waals surface area contributed by atoms with Gasteiger partial charge in [-0.25, -0.2) is 0 Å². The van der Waals surface area contributed by atoms with E-state index in [0.29, 0.717) is 36.1 Å². The van der Waals surface area contributed by atoms with Gasteiger partial charge in [0.05, 0.1) is 62.3 Å². The third-order valence-corrected chi connectivity index (χ3v) is 6.33. The summed E-state index contributed by atoms with van der Waals surface area (Å²) in [6, 6.07) is 26.2. The Morgan fingerprint density at radius 2 is 1.02 bits per heavy atom. The second kappa shape index (κ2) is 16.6. The molecule has 41 heavy (non-hydrogen) atoms. The van der Waals surface area contributed by atoms with Gasteiger partial charge in [-0.3, -0.25) is 20.0 Å². The molecule has 2 aromatic carbocycles. The molecule has 2 aromatic heterocycles. The summed E-state index contributed by atoms with van der Waals surface area (Å²) in [7, 11) is 0. The molecule has 4 rings (SSSR count). The summed E-state index contributed by atoms with van der Waals surface area (Å²) >= 11 is 0. The summed E-state index contributed by atoms with van der Waals surface area (Å²) in [6.07, 6.45) is 9.51. The molecule has 0 bridgehead atoms. The van der Waals surface area contributed by atoms with Crippen molar-refractivity contribution >= 4 is 12.4 Å². The molecule has 0 saturated carbocycles. The van der Waals surface area contributed by atoms with Gasteiger partial charge in [0.1, 0.15) is 11.5 Å². The van der Waals surface area contributed by atoms with Crippen LogP contribution in [0.1, 0.15) is 53.9 Å². The van der Waals surface area contributed by atoms with Gasteiger partial charge in [0.25, 0.3) is 0 Å². The van der Waals surface area contributed by atoms with Gasteiger partial charge >= 0.3 is 0 Å². The summed E-state index contributed by atoms with van der Waals surface area (Å²) in [4.78, 5) is 17.7. The standard InChI is InChI=1S/C33H36N4O4/c38-24-32(26-10-4-1-5-11-26)36-20-28-14-16-30(22-34-28)40-18-8-3-9-19-41-31-17-15-29(35-23-31)21-37-33(25-39)27-12-6-2-7-13-27/h1-2,4-7,10-17,20-23,32-33,38-39H,3,8-9,18-19,24-25H2/t32-,33-/m0/s1. The summed E-state index contributed by atoms with van der Waals surface area (Å²) in [6.45, 7) is 1.08. The van der Waals surface area contributed by atoms with Crippen LogP contribution in [0.3, 0.4) is 0 Å². The molecule has 0 amide bonds. The predicted octanol–water partition coefficient (Wildman–Crippen LogP) is 5.41. The SMILES string of the molecule is OC[C@H](N=Cc1ccc(OCCCCCOc2ccc(C=N[C@@H](CO)c3ccccc3)nc2)cn1)c1ccccc1. The van der Waals surface area contributed by atoms with E-state index in [1.807, 2.05) is 84.9 Å². The molecule has 8 nitrogen and oxygen atoms in total. The van der Waals surface area contributed by atoms with Gasteiger partial charge in [-0.15, -0.1) is 0 Å². The third kappa shape index (κ3) is 9.94. The van der Waals surface area contributed by atoms with Crippen LogP contribution in [0.2, 0.25) is 0 Å². The Hall–Kier alpha value is -4.40. The van der Waals surface area contributed by atoms with E-state index >= 15 is 0 Å². The number of pyridine rings is 2. The Morgan fingerprint density at radius 1 is 0.585 bits per heavy atom. The average Bonchev–Trinajstić information content (AvgIpc) is 3.03. The second-order valence-electron chi connectivity index (χ2n) is 9.37. The lowest BCUT2D eigenvalue weighted by atomic mass is 10.1. The molecular formula is C33H36N4O4. The highest BCUT2D eigenvalue weighted by Gasteiger charge is 2.08. The maximum atomic E-state index is 9.64. The lowest BCUT2D eigenvalue weighted by Crippen LogP contribution is -2.03. The van der Waals surface area contributed by atoms with Gasteiger partial charge < -0.3 is 19.7 Å². The fourth-order valence-corrected chi connectivity index (χ4v) is 4.03. The molecule has 2 N–H and O–H groups in total. The van der Waals surface area contributed by atoms with E-state index < -0.39 is 0 Å². The van der Waals surface area contributed by atoms with Crippen LogP contribution in [0.5, 0.6) is 11.5 Å². The van der Waals surface area contributed by atoms with Crippen molar-refractivity contribution in [2.24, 2.45) is 9.98 Å². The summed E-state index contributed by atoms with van der Waals surface area (Å²) < 4.78 is 11.6. The van der Waals surface area contributed by atoms with Crippen molar-refractivity contribution < 1.29 is 19.7 Å². The number of unbranched alkanes of at least 4 members (excludes halogenated alkanes) is 2. The van der Waals surface area contributed by atoms with Crippen LogP contribution in [0.4, 0.5) is 0 Å². The third-order valence-electron chi connectivity index (χ3n) is 6.33.